The lowest BCUT2D eigenvalue weighted by Crippen LogP contribution is -1.86. The van der Waals surface area contributed by atoms with E-state index in [-0.39, 0.29) is 0 Å². The lowest BCUT2D eigenvalue weighted by atomic mass is 9.93. The minimum Gasteiger partial charge on any atom is -0.354 e. The molecule has 1 N–H and O–H groups in total. The summed E-state index contributed by atoms with van der Waals surface area (Å²) in [7, 11) is 0. The molecule has 0 radical (unpaired) electrons. The van der Waals surface area contributed by atoms with E-state index in [9.17, 15) is 0 Å². The SMILES string of the molecule is c1ccc(-c2cc(-c3cccc(-c4ccc5sc6ccccc6c5c4)c3)c3[nH]c4ccccc4c3c2)cc1. The third kappa shape index (κ3) is 3.38. The third-order valence-electron chi connectivity index (χ3n) is 7.61. The van der Waals surface area contributed by atoms with Crippen molar-refractivity contribution >= 4 is 53.3 Å². The first-order valence-corrected chi connectivity index (χ1v) is 13.8. The number of fused-ring (bicyclic) bond motifs is 6. The summed E-state index contributed by atoms with van der Waals surface area (Å²) in [5.74, 6) is 0. The lowest BCUT2D eigenvalue weighted by molar-refractivity contribution is 1.53. The lowest BCUT2D eigenvalue weighted by Gasteiger charge is -2.11. The number of aromatic nitrogens is 1. The van der Waals surface area contributed by atoms with Gasteiger partial charge >= 0.3 is 0 Å². The molecule has 0 saturated heterocycles. The summed E-state index contributed by atoms with van der Waals surface area (Å²) in [6.07, 6.45) is 0. The van der Waals surface area contributed by atoms with Gasteiger partial charge in [-0.15, -0.1) is 11.3 Å². The monoisotopic (exact) mass is 501 g/mol. The second kappa shape index (κ2) is 8.44. The number of H-pyrrole nitrogens is 1. The van der Waals surface area contributed by atoms with E-state index >= 15 is 0 Å². The summed E-state index contributed by atoms with van der Waals surface area (Å²) in [5.41, 5.74) is 9.72. The van der Waals surface area contributed by atoms with Crippen LogP contribution in [0.4, 0.5) is 0 Å². The molecule has 1 nitrogen and oxygen atoms in total. The Morgan fingerprint density at radius 1 is 0.395 bits per heavy atom. The Kier molecular flexibility index (Phi) is 4.76. The molecule has 0 saturated carbocycles. The second-order valence-corrected chi connectivity index (χ2v) is 11.0. The zero-order valence-corrected chi connectivity index (χ0v) is 21.4. The van der Waals surface area contributed by atoms with Gasteiger partial charge in [-0.1, -0.05) is 91.0 Å². The van der Waals surface area contributed by atoms with Crippen LogP contribution in [0.15, 0.2) is 133 Å². The predicted octanol–water partition coefficient (Wildman–Crippen LogP) is 10.7. The zero-order chi connectivity index (χ0) is 25.1. The van der Waals surface area contributed by atoms with E-state index in [0.29, 0.717) is 0 Å². The van der Waals surface area contributed by atoms with E-state index in [1.54, 1.807) is 0 Å². The van der Waals surface area contributed by atoms with Crippen LogP contribution in [0.2, 0.25) is 0 Å². The highest BCUT2D eigenvalue weighted by molar-refractivity contribution is 7.25. The molecule has 2 aromatic heterocycles. The molecule has 8 aromatic rings. The van der Waals surface area contributed by atoms with Crippen molar-refractivity contribution < 1.29 is 0 Å². The summed E-state index contributed by atoms with van der Waals surface area (Å²) < 4.78 is 2.67. The average molecular weight is 502 g/mol. The van der Waals surface area contributed by atoms with E-state index in [2.05, 4.69) is 138 Å². The standard InChI is InChI=1S/C36H23NS/c1-2-9-23(10-3-1)27-21-30(36-32(22-27)28-13-4-6-15-33(28)37-36)26-12-8-11-24(19-26)25-17-18-35-31(20-25)29-14-5-7-16-34(29)38-35/h1-22,37H. The second-order valence-electron chi connectivity index (χ2n) is 9.87. The Balaban J connectivity index is 1.34. The van der Waals surface area contributed by atoms with Gasteiger partial charge in [-0.05, 0) is 70.3 Å². The number of hydrogen-bond donors (Lipinski definition) is 1. The molecular formula is C36H23NS. The van der Waals surface area contributed by atoms with Crippen LogP contribution in [0.3, 0.4) is 0 Å². The quantitative estimate of drug-likeness (QED) is 0.248. The van der Waals surface area contributed by atoms with Crippen molar-refractivity contribution in [3.8, 4) is 33.4 Å². The summed E-state index contributed by atoms with van der Waals surface area (Å²) in [6.45, 7) is 0. The first kappa shape index (κ1) is 21.4. The Morgan fingerprint density at radius 2 is 1.08 bits per heavy atom. The molecule has 0 aliphatic heterocycles. The van der Waals surface area contributed by atoms with Gasteiger partial charge in [-0.3, -0.25) is 0 Å². The maximum absolute atomic E-state index is 3.73. The molecule has 0 spiro atoms. The Hall–Kier alpha value is -4.66. The Bertz CT molecular complexity index is 2130. The molecule has 0 aliphatic rings. The number of hydrogen-bond acceptors (Lipinski definition) is 1. The van der Waals surface area contributed by atoms with Crippen molar-refractivity contribution in [3.05, 3.63) is 133 Å². The zero-order valence-electron chi connectivity index (χ0n) is 20.6. The van der Waals surface area contributed by atoms with Gasteiger partial charge in [0.2, 0.25) is 0 Å². The van der Waals surface area contributed by atoms with Crippen LogP contribution >= 0.6 is 11.3 Å². The first-order valence-electron chi connectivity index (χ1n) is 12.9. The molecule has 0 fully saturated rings. The van der Waals surface area contributed by atoms with Crippen molar-refractivity contribution in [2.24, 2.45) is 0 Å². The van der Waals surface area contributed by atoms with Gasteiger partial charge in [-0.2, -0.15) is 0 Å². The Morgan fingerprint density at radius 3 is 2.00 bits per heavy atom. The van der Waals surface area contributed by atoms with Crippen LogP contribution < -0.4 is 0 Å². The maximum Gasteiger partial charge on any atom is 0.0544 e. The predicted molar refractivity (Wildman–Crippen MR) is 165 cm³/mol. The fraction of sp³-hybridized carbons (Fsp3) is 0. The van der Waals surface area contributed by atoms with Crippen molar-refractivity contribution in [2.45, 2.75) is 0 Å². The van der Waals surface area contributed by atoms with Crippen molar-refractivity contribution in [1.82, 2.24) is 4.98 Å². The number of nitrogens with one attached hydrogen (secondary N) is 1. The summed E-state index contributed by atoms with van der Waals surface area (Å²) in [6, 6.07) is 48.5. The van der Waals surface area contributed by atoms with Gasteiger partial charge in [-0.25, -0.2) is 0 Å². The fourth-order valence-electron chi connectivity index (χ4n) is 5.75. The van der Waals surface area contributed by atoms with E-state index in [0.717, 1.165) is 0 Å². The van der Waals surface area contributed by atoms with E-state index < -0.39 is 0 Å². The van der Waals surface area contributed by atoms with Gasteiger partial charge in [0.1, 0.15) is 0 Å². The minimum atomic E-state index is 1.17. The van der Waals surface area contributed by atoms with Crippen molar-refractivity contribution in [2.75, 3.05) is 0 Å². The molecule has 6 aromatic carbocycles. The van der Waals surface area contributed by atoms with Crippen LogP contribution in [0, 0.1) is 0 Å². The normalized spacial score (nSPS) is 11.7. The maximum atomic E-state index is 3.73. The minimum absolute atomic E-state index is 1.17. The van der Waals surface area contributed by atoms with Gasteiger partial charge in [0, 0.05) is 42.0 Å². The van der Waals surface area contributed by atoms with Crippen LogP contribution in [0.5, 0.6) is 0 Å². The highest BCUT2D eigenvalue weighted by Gasteiger charge is 2.14. The number of thiophene rings is 1. The molecule has 38 heavy (non-hydrogen) atoms. The molecule has 178 valence electrons. The highest BCUT2D eigenvalue weighted by atomic mass is 32.1. The van der Waals surface area contributed by atoms with Gasteiger partial charge in [0.15, 0.2) is 0 Å². The topological polar surface area (TPSA) is 15.8 Å². The number of benzene rings is 6. The molecule has 2 heteroatoms. The molecule has 0 bridgehead atoms. The largest absolute Gasteiger partial charge is 0.354 e. The average Bonchev–Trinajstić information content (AvgIpc) is 3.55. The molecular weight excluding hydrogens is 478 g/mol. The van der Waals surface area contributed by atoms with Gasteiger partial charge in [0.25, 0.3) is 0 Å². The first-order chi connectivity index (χ1) is 18.8. The summed E-state index contributed by atoms with van der Waals surface area (Å²) in [4.78, 5) is 3.73. The molecule has 0 atom stereocenters. The fourth-order valence-corrected chi connectivity index (χ4v) is 6.83. The van der Waals surface area contributed by atoms with Crippen molar-refractivity contribution in [1.29, 1.82) is 0 Å². The number of aromatic amines is 1. The van der Waals surface area contributed by atoms with Crippen LogP contribution in [0.25, 0.3) is 75.4 Å². The molecule has 0 aliphatic carbocycles. The molecule has 8 rings (SSSR count). The smallest absolute Gasteiger partial charge is 0.0544 e. The summed E-state index contributed by atoms with van der Waals surface area (Å²) in [5, 5.41) is 5.18. The molecule has 2 heterocycles. The Labute approximate surface area is 224 Å². The number of para-hydroxylation sites is 1. The van der Waals surface area contributed by atoms with Crippen molar-refractivity contribution in [3.63, 3.8) is 0 Å². The summed E-state index contributed by atoms with van der Waals surface area (Å²) >= 11 is 1.86. The van der Waals surface area contributed by atoms with Crippen LogP contribution in [-0.4, -0.2) is 4.98 Å². The van der Waals surface area contributed by atoms with E-state index in [1.165, 1.54) is 75.4 Å². The molecule has 0 amide bonds. The number of rotatable bonds is 3. The van der Waals surface area contributed by atoms with Gasteiger partial charge in [0.05, 0.1) is 5.52 Å². The highest BCUT2D eigenvalue weighted by Crippen LogP contribution is 2.40. The third-order valence-corrected chi connectivity index (χ3v) is 8.76. The van der Waals surface area contributed by atoms with Crippen LogP contribution in [0.1, 0.15) is 0 Å². The van der Waals surface area contributed by atoms with E-state index in [4.69, 9.17) is 0 Å². The van der Waals surface area contributed by atoms with E-state index in [1.807, 2.05) is 11.3 Å². The van der Waals surface area contributed by atoms with Crippen LogP contribution in [-0.2, 0) is 0 Å². The van der Waals surface area contributed by atoms with Gasteiger partial charge < -0.3 is 4.98 Å². The molecule has 0 unspecified atom stereocenters.